The Morgan fingerprint density at radius 2 is 2.10 bits per heavy atom. The van der Waals surface area contributed by atoms with Gasteiger partial charge in [-0.2, -0.15) is 0 Å². The lowest BCUT2D eigenvalue weighted by Crippen LogP contribution is -2.27. The van der Waals surface area contributed by atoms with Gasteiger partial charge < -0.3 is 10.1 Å². The van der Waals surface area contributed by atoms with Crippen molar-refractivity contribution in [3.63, 3.8) is 0 Å². The maximum atomic E-state index is 12.9. The second kappa shape index (κ2) is 7.55. The molecule has 2 rings (SSSR count). The molecule has 0 aromatic heterocycles. The van der Waals surface area contributed by atoms with Gasteiger partial charge in [0.05, 0.1) is 0 Å². The summed E-state index contributed by atoms with van der Waals surface area (Å²) in [7, 11) is 0. The van der Waals surface area contributed by atoms with Gasteiger partial charge >= 0.3 is 0 Å². The van der Waals surface area contributed by atoms with Gasteiger partial charge in [-0.3, -0.25) is 4.79 Å². The summed E-state index contributed by atoms with van der Waals surface area (Å²) in [5, 5.41) is 2.95. The van der Waals surface area contributed by atoms with E-state index in [0.29, 0.717) is 19.1 Å². The van der Waals surface area contributed by atoms with E-state index in [9.17, 15) is 9.18 Å². The van der Waals surface area contributed by atoms with E-state index in [2.05, 4.69) is 19.2 Å². The van der Waals surface area contributed by atoms with Gasteiger partial charge in [0, 0.05) is 25.7 Å². The van der Waals surface area contributed by atoms with Gasteiger partial charge in [0.25, 0.3) is 0 Å². The van der Waals surface area contributed by atoms with Crippen LogP contribution in [0.15, 0.2) is 24.3 Å². The Labute approximate surface area is 125 Å². The Morgan fingerprint density at radius 3 is 2.76 bits per heavy atom. The molecule has 21 heavy (non-hydrogen) atoms. The third-order valence-corrected chi connectivity index (χ3v) is 3.64. The fourth-order valence-electron chi connectivity index (χ4n) is 2.40. The number of carbonyl (C=O) groups is 1. The maximum Gasteiger partial charge on any atom is 0.223 e. The number of carbonyl (C=O) groups excluding carboxylic acids is 1. The lowest BCUT2D eigenvalue weighted by Gasteiger charge is -2.08. The zero-order valence-corrected chi connectivity index (χ0v) is 12.8. The van der Waals surface area contributed by atoms with Crippen molar-refractivity contribution in [2.24, 2.45) is 11.8 Å². The second-order valence-electron chi connectivity index (χ2n) is 6.11. The van der Waals surface area contributed by atoms with Gasteiger partial charge in [-0.05, 0) is 42.4 Å². The molecular weight excluding hydrogens is 269 g/mol. The van der Waals surface area contributed by atoms with Crippen molar-refractivity contribution < 1.29 is 13.9 Å². The van der Waals surface area contributed by atoms with E-state index in [1.165, 1.54) is 12.1 Å². The molecule has 0 radical (unpaired) electrons. The number of halogens is 1. The number of nitrogens with one attached hydrogen (secondary N) is 1. The first-order valence-electron chi connectivity index (χ1n) is 7.69. The third-order valence-electron chi connectivity index (χ3n) is 3.64. The fraction of sp³-hybridized carbons (Fsp3) is 0.588. The van der Waals surface area contributed by atoms with Gasteiger partial charge in [-0.25, -0.2) is 4.39 Å². The van der Waals surface area contributed by atoms with Gasteiger partial charge in [-0.1, -0.05) is 26.0 Å². The molecule has 0 bridgehead atoms. The molecule has 116 valence electrons. The Morgan fingerprint density at radius 1 is 1.38 bits per heavy atom. The van der Waals surface area contributed by atoms with Crippen LogP contribution in [0, 0.1) is 17.7 Å². The van der Waals surface area contributed by atoms with E-state index in [4.69, 9.17) is 4.74 Å². The Balaban J connectivity index is 1.61. The van der Waals surface area contributed by atoms with Gasteiger partial charge in [0.15, 0.2) is 0 Å². The monoisotopic (exact) mass is 293 g/mol. The summed E-state index contributed by atoms with van der Waals surface area (Å²) in [5.41, 5.74) is 1.05. The van der Waals surface area contributed by atoms with Crippen molar-refractivity contribution in [2.45, 2.75) is 32.6 Å². The van der Waals surface area contributed by atoms with Crippen molar-refractivity contribution in [1.82, 2.24) is 5.32 Å². The molecule has 1 aromatic rings. The number of amides is 1. The summed E-state index contributed by atoms with van der Waals surface area (Å²) in [5.74, 6) is 0.715. The molecule has 1 aliphatic rings. The van der Waals surface area contributed by atoms with Crippen LogP contribution in [0.2, 0.25) is 0 Å². The lowest BCUT2D eigenvalue weighted by molar-refractivity contribution is -0.122. The lowest BCUT2D eigenvalue weighted by atomic mass is 10.1. The summed E-state index contributed by atoms with van der Waals surface area (Å²) in [6, 6.07) is 6.45. The quantitative estimate of drug-likeness (QED) is 0.748. The molecule has 1 fully saturated rings. The van der Waals surface area contributed by atoms with E-state index in [-0.39, 0.29) is 23.6 Å². The van der Waals surface area contributed by atoms with Crippen molar-refractivity contribution >= 4 is 5.91 Å². The third kappa shape index (κ3) is 5.12. The van der Waals surface area contributed by atoms with Crippen LogP contribution >= 0.6 is 0 Å². The van der Waals surface area contributed by atoms with Crippen LogP contribution in [-0.2, 0) is 9.53 Å². The summed E-state index contributed by atoms with van der Waals surface area (Å²) in [4.78, 5) is 12.0. The molecular formula is C17H24FNO2. The SMILES string of the molecule is CC(C)COCCCNC(=O)C1CC1c1ccc(F)cc1. The molecule has 0 saturated heterocycles. The number of rotatable bonds is 8. The molecule has 0 heterocycles. The second-order valence-corrected chi connectivity index (χ2v) is 6.11. The van der Waals surface area contributed by atoms with Crippen LogP contribution < -0.4 is 5.32 Å². The predicted octanol–water partition coefficient (Wildman–Crippen LogP) is 3.11. The average molecular weight is 293 g/mol. The highest BCUT2D eigenvalue weighted by atomic mass is 19.1. The van der Waals surface area contributed by atoms with E-state index in [1.54, 1.807) is 12.1 Å². The highest BCUT2D eigenvalue weighted by Gasteiger charge is 2.43. The average Bonchev–Trinajstić information content (AvgIpc) is 3.23. The first-order valence-corrected chi connectivity index (χ1v) is 7.69. The highest BCUT2D eigenvalue weighted by molar-refractivity contribution is 5.82. The summed E-state index contributed by atoms with van der Waals surface area (Å²) < 4.78 is 18.3. The molecule has 0 spiro atoms. The van der Waals surface area contributed by atoms with Crippen molar-refractivity contribution in [3.8, 4) is 0 Å². The minimum Gasteiger partial charge on any atom is -0.381 e. The van der Waals surface area contributed by atoms with Crippen LogP contribution in [0.1, 0.15) is 38.2 Å². The molecule has 1 aliphatic carbocycles. The van der Waals surface area contributed by atoms with E-state index >= 15 is 0 Å². The van der Waals surface area contributed by atoms with Crippen LogP contribution in [-0.4, -0.2) is 25.7 Å². The maximum absolute atomic E-state index is 12.9. The highest BCUT2D eigenvalue weighted by Crippen LogP contribution is 2.47. The van der Waals surface area contributed by atoms with Gasteiger partial charge in [-0.15, -0.1) is 0 Å². The van der Waals surface area contributed by atoms with Crippen LogP contribution in [0.25, 0.3) is 0 Å². The number of benzene rings is 1. The standard InChI is InChI=1S/C17H24FNO2/c1-12(2)11-21-9-3-8-19-17(20)16-10-15(16)13-4-6-14(18)7-5-13/h4-7,12,15-16H,3,8-11H2,1-2H3,(H,19,20). The number of ether oxygens (including phenoxy) is 1. The minimum absolute atomic E-state index is 0.0482. The molecule has 4 heteroatoms. The van der Waals surface area contributed by atoms with Crippen LogP contribution in [0.3, 0.4) is 0 Å². The topological polar surface area (TPSA) is 38.3 Å². The predicted molar refractivity (Wildman–Crippen MR) is 80.5 cm³/mol. The molecule has 1 saturated carbocycles. The molecule has 1 aromatic carbocycles. The Kier molecular flexibility index (Phi) is 5.74. The Hall–Kier alpha value is -1.42. The van der Waals surface area contributed by atoms with Crippen LogP contribution in [0.4, 0.5) is 4.39 Å². The van der Waals surface area contributed by atoms with Gasteiger partial charge in [0.1, 0.15) is 5.82 Å². The summed E-state index contributed by atoms with van der Waals surface area (Å²) >= 11 is 0. The molecule has 1 amide bonds. The zero-order chi connectivity index (χ0) is 15.2. The molecule has 3 nitrogen and oxygen atoms in total. The largest absolute Gasteiger partial charge is 0.381 e. The van der Waals surface area contributed by atoms with Crippen molar-refractivity contribution in [3.05, 3.63) is 35.6 Å². The van der Waals surface area contributed by atoms with E-state index < -0.39 is 0 Å². The first-order chi connectivity index (χ1) is 10.1. The summed E-state index contributed by atoms with van der Waals surface area (Å²) in [6.45, 7) is 6.34. The number of hydrogen-bond donors (Lipinski definition) is 1. The normalized spacial score (nSPS) is 20.6. The minimum atomic E-state index is -0.234. The Bertz CT molecular complexity index is 458. The molecule has 2 unspecified atom stereocenters. The molecule has 0 aliphatic heterocycles. The fourth-order valence-corrected chi connectivity index (χ4v) is 2.40. The molecule has 2 atom stereocenters. The number of hydrogen-bond acceptors (Lipinski definition) is 2. The smallest absolute Gasteiger partial charge is 0.223 e. The van der Waals surface area contributed by atoms with Crippen molar-refractivity contribution in [1.29, 1.82) is 0 Å². The van der Waals surface area contributed by atoms with Crippen LogP contribution in [0.5, 0.6) is 0 Å². The van der Waals surface area contributed by atoms with Crippen molar-refractivity contribution in [2.75, 3.05) is 19.8 Å². The van der Waals surface area contributed by atoms with Gasteiger partial charge in [0.2, 0.25) is 5.91 Å². The van der Waals surface area contributed by atoms with E-state index in [0.717, 1.165) is 25.0 Å². The summed E-state index contributed by atoms with van der Waals surface area (Å²) in [6.07, 6.45) is 1.70. The van der Waals surface area contributed by atoms with E-state index in [1.807, 2.05) is 0 Å². The molecule has 1 N–H and O–H groups in total. The zero-order valence-electron chi connectivity index (χ0n) is 12.8. The first kappa shape index (κ1) is 16.0.